The molecule has 2 rings (SSSR count). The Hall–Kier alpha value is -1.35. The first-order chi connectivity index (χ1) is 7.83. The highest BCUT2D eigenvalue weighted by Crippen LogP contribution is 2.20. The van der Waals surface area contributed by atoms with Crippen LogP contribution in [0.4, 0.5) is 0 Å². The van der Waals surface area contributed by atoms with Crippen LogP contribution in [0.25, 0.3) is 0 Å². The number of likely N-dealkylation sites (tertiary alicyclic amines) is 1. The number of methoxy groups -OCH3 is 1. The van der Waals surface area contributed by atoms with E-state index in [1.165, 1.54) is 0 Å². The molecule has 0 aromatic heterocycles. The van der Waals surface area contributed by atoms with Crippen molar-refractivity contribution in [2.24, 2.45) is 0 Å². The van der Waals surface area contributed by atoms with E-state index in [1.807, 2.05) is 35.2 Å². The maximum Gasteiger partial charge on any atom is 0.254 e. The number of carbonyl (C=O) groups is 1. The second-order valence-electron chi connectivity index (χ2n) is 4.12. The molecule has 0 spiro atoms. The number of nitrogens with zero attached hydrogens (tertiary/aromatic N) is 1. The summed E-state index contributed by atoms with van der Waals surface area (Å²) in [7, 11) is 1.68. The van der Waals surface area contributed by atoms with Crippen LogP contribution in [-0.4, -0.2) is 37.1 Å². The molecule has 1 atom stereocenters. The lowest BCUT2D eigenvalue weighted by Crippen LogP contribution is -2.38. The predicted molar refractivity (Wildman–Crippen MR) is 62.4 cm³/mol. The van der Waals surface area contributed by atoms with Gasteiger partial charge >= 0.3 is 0 Å². The monoisotopic (exact) mass is 219 g/mol. The van der Waals surface area contributed by atoms with Crippen LogP contribution in [0, 0.1) is 0 Å². The van der Waals surface area contributed by atoms with Crippen molar-refractivity contribution >= 4 is 5.91 Å². The molecule has 0 aliphatic carbocycles. The van der Waals surface area contributed by atoms with Crippen LogP contribution < -0.4 is 0 Å². The SMILES string of the molecule is COC[C@H]1CCCN1C(=O)c1ccccc1. The molecule has 1 saturated heterocycles. The quantitative estimate of drug-likeness (QED) is 0.777. The number of rotatable bonds is 3. The molecule has 1 heterocycles. The predicted octanol–water partition coefficient (Wildman–Crippen LogP) is 1.94. The number of carbonyl (C=O) groups excluding carboxylic acids is 1. The molecule has 1 aromatic rings. The molecule has 1 aliphatic heterocycles. The zero-order chi connectivity index (χ0) is 11.4. The van der Waals surface area contributed by atoms with E-state index in [9.17, 15) is 4.79 Å². The Bertz CT molecular complexity index is 350. The van der Waals surface area contributed by atoms with Crippen LogP contribution in [0.5, 0.6) is 0 Å². The Morgan fingerprint density at radius 1 is 1.44 bits per heavy atom. The van der Waals surface area contributed by atoms with Crippen molar-refractivity contribution in [2.45, 2.75) is 18.9 Å². The van der Waals surface area contributed by atoms with Gasteiger partial charge in [-0.15, -0.1) is 0 Å². The van der Waals surface area contributed by atoms with Gasteiger partial charge in [-0.1, -0.05) is 18.2 Å². The number of amides is 1. The van der Waals surface area contributed by atoms with E-state index in [2.05, 4.69) is 0 Å². The fourth-order valence-electron chi connectivity index (χ4n) is 2.22. The highest BCUT2D eigenvalue weighted by atomic mass is 16.5. The minimum absolute atomic E-state index is 0.125. The van der Waals surface area contributed by atoms with Crippen LogP contribution in [0.15, 0.2) is 30.3 Å². The van der Waals surface area contributed by atoms with Crippen LogP contribution in [0.1, 0.15) is 23.2 Å². The van der Waals surface area contributed by atoms with Crippen LogP contribution >= 0.6 is 0 Å². The third-order valence-corrected chi connectivity index (χ3v) is 3.02. The minimum atomic E-state index is 0.125. The third-order valence-electron chi connectivity index (χ3n) is 3.02. The average Bonchev–Trinajstić information content (AvgIpc) is 2.78. The number of benzene rings is 1. The van der Waals surface area contributed by atoms with Gasteiger partial charge in [0, 0.05) is 19.2 Å². The van der Waals surface area contributed by atoms with Crippen molar-refractivity contribution < 1.29 is 9.53 Å². The standard InChI is InChI=1S/C13H17NO2/c1-16-10-12-8-5-9-14(12)13(15)11-6-3-2-4-7-11/h2-4,6-7,12H,5,8-10H2,1H3/t12-/m1/s1. The van der Waals surface area contributed by atoms with Gasteiger partial charge < -0.3 is 9.64 Å². The van der Waals surface area contributed by atoms with Gasteiger partial charge in [-0.05, 0) is 25.0 Å². The molecule has 1 aromatic carbocycles. The second-order valence-corrected chi connectivity index (χ2v) is 4.12. The van der Waals surface area contributed by atoms with E-state index in [1.54, 1.807) is 7.11 Å². The van der Waals surface area contributed by atoms with Gasteiger partial charge in [0.2, 0.25) is 0 Å². The normalized spacial score (nSPS) is 20.1. The largest absolute Gasteiger partial charge is 0.383 e. The first kappa shape index (κ1) is 11.1. The van der Waals surface area contributed by atoms with Crippen molar-refractivity contribution in [1.82, 2.24) is 4.90 Å². The summed E-state index contributed by atoms with van der Waals surface area (Å²) in [4.78, 5) is 14.1. The molecule has 16 heavy (non-hydrogen) atoms. The zero-order valence-corrected chi connectivity index (χ0v) is 9.56. The Morgan fingerprint density at radius 3 is 2.88 bits per heavy atom. The lowest BCUT2D eigenvalue weighted by molar-refractivity contribution is 0.0630. The van der Waals surface area contributed by atoms with E-state index in [0.29, 0.717) is 6.61 Å². The lowest BCUT2D eigenvalue weighted by Gasteiger charge is -2.24. The van der Waals surface area contributed by atoms with E-state index < -0.39 is 0 Å². The Kier molecular flexibility index (Phi) is 3.57. The summed E-state index contributed by atoms with van der Waals surface area (Å²) in [5.41, 5.74) is 0.769. The summed E-state index contributed by atoms with van der Waals surface area (Å²) in [6.07, 6.45) is 2.12. The summed E-state index contributed by atoms with van der Waals surface area (Å²) < 4.78 is 5.15. The first-order valence-corrected chi connectivity index (χ1v) is 5.68. The number of hydrogen-bond acceptors (Lipinski definition) is 2. The smallest absolute Gasteiger partial charge is 0.254 e. The summed E-state index contributed by atoms with van der Waals surface area (Å²) in [5, 5.41) is 0. The Morgan fingerprint density at radius 2 is 2.19 bits per heavy atom. The van der Waals surface area contributed by atoms with Gasteiger partial charge in [0.15, 0.2) is 0 Å². The minimum Gasteiger partial charge on any atom is -0.383 e. The highest BCUT2D eigenvalue weighted by Gasteiger charge is 2.28. The number of hydrogen-bond donors (Lipinski definition) is 0. The molecule has 0 unspecified atom stereocenters. The number of ether oxygens (including phenoxy) is 1. The molecule has 86 valence electrons. The molecule has 0 radical (unpaired) electrons. The van der Waals surface area contributed by atoms with E-state index in [-0.39, 0.29) is 11.9 Å². The van der Waals surface area contributed by atoms with Gasteiger partial charge in [-0.2, -0.15) is 0 Å². The topological polar surface area (TPSA) is 29.5 Å². The molecule has 3 heteroatoms. The van der Waals surface area contributed by atoms with Crippen molar-refractivity contribution in [1.29, 1.82) is 0 Å². The fourth-order valence-corrected chi connectivity index (χ4v) is 2.22. The van der Waals surface area contributed by atoms with Crippen molar-refractivity contribution in [3.05, 3.63) is 35.9 Å². The third kappa shape index (κ3) is 2.25. The molecular formula is C13H17NO2. The Labute approximate surface area is 96.0 Å². The van der Waals surface area contributed by atoms with Crippen LogP contribution in [0.2, 0.25) is 0 Å². The van der Waals surface area contributed by atoms with Crippen molar-refractivity contribution in [2.75, 3.05) is 20.3 Å². The highest BCUT2D eigenvalue weighted by molar-refractivity contribution is 5.94. The van der Waals surface area contributed by atoms with E-state index in [4.69, 9.17) is 4.74 Å². The molecule has 0 bridgehead atoms. The molecule has 1 aliphatic rings. The maximum atomic E-state index is 12.2. The van der Waals surface area contributed by atoms with Gasteiger partial charge in [0.1, 0.15) is 0 Å². The molecule has 0 saturated carbocycles. The van der Waals surface area contributed by atoms with E-state index in [0.717, 1.165) is 24.9 Å². The van der Waals surface area contributed by atoms with Crippen molar-refractivity contribution in [3.8, 4) is 0 Å². The average molecular weight is 219 g/mol. The molecule has 3 nitrogen and oxygen atoms in total. The van der Waals surface area contributed by atoms with Crippen LogP contribution in [-0.2, 0) is 4.74 Å². The van der Waals surface area contributed by atoms with Gasteiger partial charge in [0.05, 0.1) is 12.6 Å². The molecule has 1 fully saturated rings. The van der Waals surface area contributed by atoms with Gasteiger partial charge in [-0.25, -0.2) is 0 Å². The summed E-state index contributed by atoms with van der Waals surface area (Å²) in [6.45, 7) is 1.49. The second kappa shape index (κ2) is 5.12. The summed E-state index contributed by atoms with van der Waals surface area (Å²) in [6, 6.07) is 9.70. The molecular weight excluding hydrogens is 202 g/mol. The lowest BCUT2D eigenvalue weighted by atomic mass is 10.2. The first-order valence-electron chi connectivity index (χ1n) is 5.68. The maximum absolute atomic E-state index is 12.2. The van der Waals surface area contributed by atoms with E-state index >= 15 is 0 Å². The Balaban J connectivity index is 2.09. The zero-order valence-electron chi connectivity index (χ0n) is 9.56. The van der Waals surface area contributed by atoms with Gasteiger partial charge in [0.25, 0.3) is 5.91 Å². The summed E-state index contributed by atoms with van der Waals surface area (Å²) in [5.74, 6) is 0.125. The fraction of sp³-hybridized carbons (Fsp3) is 0.462. The van der Waals surface area contributed by atoms with Gasteiger partial charge in [-0.3, -0.25) is 4.79 Å². The molecule has 0 N–H and O–H groups in total. The van der Waals surface area contributed by atoms with Crippen molar-refractivity contribution in [3.63, 3.8) is 0 Å². The van der Waals surface area contributed by atoms with Crippen LogP contribution in [0.3, 0.4) is 0 Å². The molecule has 1 amide bonds. The summed E-state index contributed by atoms with van der Waals surface area (Å²) >= 11 is 0.